The average Bonchev–Trinajstić information content (AvgIpc) is 2.97. The summed E-state index contributed by atoms with van der Waals surface area (Å²) < 4.78 is 40.8. The third-order valence-corrected chi connectivity index (χ3v) is 6.05. The normalized spacial score (nSPS) is 18.7. The topological polar surface area (TPSA) is 41.3 Å². The molecular weight excluding hydrogens is 426 g/mol. The van der Waals surface area contributed by atoms with Crippen molar-refractivity contribution in [1.29, 1.82) is 0 Å². The van der Waals surface area contributed by atoms with Crippen molar-refractivity contribution in [2.45, 2.75) is 49.9 Å². The molecule has 1 fully saturated rings. The van der Waals surface area contributed by atoms with Gasteiger partial charge in [0.2, 0.25) is 0 Å². The fourth-order valence-electron chi connectivity index (χ4n) is 3.70. The van der Waals surface area contributed by atoms with Crippen molar-refractivity contribution in [3.8, 4) is 0 Å². The maximum absolute atomic E-state index is 13.0. The maximum atomic E-state index is 13.0. The minimum atomic E-state index is -4.42. The number of halogens is 5. The van der Waals surface area contributed by atoms with Gasteiger partial charge in [-0.05, 0) is 50.4 Å². The summed E-state index contributed by atoms with van der Waals surface area (Å²) in [5.41, 5.74) is -1.64. The van der Waals surface area contributed by atoms with Crippen LogP contribution in [-0.4, -0.2) is 44.6 Å². The van der Waals surface area contributed by atoms with Gasteiger partial charge in [-0.15, -0.1) is 11.6 Å². The van der Waals surface area contributed by atoms with E-state index in [1.54, 1.807) is 12.3 Å². The number of piperidine rings is 1. The molecule has 29 heavy (non-hydrogen) atoms. The van der Waals surface area contributed by atoms with E-state index in [1.807, 2.05) is 11.5 Å². The van der Waals surface area contributed by atoms with Crippen LogP contribution in [0.1, 0.15) is 36.2 Å². The van der Waals surface area contributed by atoms with Crippen LogP contribution in [0.4, 0.5) is 13.2 Å². The van der Waals surface area contributed by atoms with E-state index in [2.05, 4.69) is 9.88 Å². The number of hydrogen-bond donors (Lipinski definition) is 1. The van der Waals surface area contributed by atoms with Gasteiger partial charge in [-0.25, -0.2) is 4.98 Å². The number of aromatic nitrogens is 2. The number of hydrogen-bond acceptors (Lipinski definition) is 3. The molecule has 0 spiro atoms. The quantitative estimate of drug-likeness (QED) is 0.641. The van der Waals surface area contributed by atoms with Crippen LogP contribution in [0.15, 0.2) is 30.5 Å². The predicted molar refractivity (Wildman–Crippen MR) is 107 cm³/mol. The molecule has 0 aliphatic carbocycles. The third kappa shape index (κ3) is 5.66. The molecule has 1 N–H and O–H groups in total. The number of likely N-dealkylation sites (tertiary alicyclic amines) is 1. The summed E-state index contributed by atoms with van der Waals surface area (Å²) in [5.74, 6) is 0.810. The molecule has 1 aromatic heterocycles. The SMILES string of the molecule is Cc1nc(Cl)cn1CC(Cl)CCN1CCC(O)(c2cccc(C(F)(F)F)c2)CC1. The Bertz CT molecular complexity index is 833. The zero-order valence-corrected chi connectivity index (χ0v) is 17.6. The first kappa shape index (κ1) is 22.4. The van der Waals surface area contributed by atoms with Crippen molar-refractivity contribution in [2.24, 2.45) is 0 Å². The highest BCUT2D eigenvalue weighted by molar-refractivity contribution is 6.29. The fourth-order valence-corrected chi connectivity index (χ4v) is 4.19. The summed E-state index contributed by atoms with van der Waals surface area (Å²) in [6.45, 7) is 4.44. The molecular formula is C20H24Cl2F3N3O. The molecule has 0 radical (unpaired) electrons. The van der Waals surface area contributed by atoms with Crippen LogP contribution < -0.4 is 0 Å². The van der Waals surface area contributed by atoms with Gasteiger partial charge >= 0.3 is 6.18 Å². The lowest BCUT2D eigenvalue weighted by atomic mass is 9.83. The molecule has 0 amide bonds. The number of alkyl halides is 4. The Hall–Kier alpha value is -1.28. The molecule has 160 valence electrons. The second-order valence-electron chi connectivity index (χ2n) is 7.60. The van der Waals surface area contributed by atoms with Crippen LogP contribution in [0.25, 0.3) is 0 Å². The Morgan fingerprint density at radius 1 is 1.28 bits per heavy atom. The zero-order valence-electron chi connectivity index (χ0n) is 16.1. The highest BCUT2D eigenvalue weighted by Crippen LogP contribution is 2.36. The van der Waals surface area contributed by atoms with Crippen LogP contribution in [0.2, 0.25) is 5.15 Å². The second-order valence-corrected chi connectivity index (χ2v) is 8.61. The monoisotopic (exact) mass is 449 g/mol. The van der Waals surface area contributed by atoms with E-state index in [-0.39, 0.29) is 5.38 Å². The number of aliphatic hydroxyl groups is 1. The second kappa shape index (κ2) is 8.84. The number of imidazole rings is 1. The highest BCUT2D eigenvalue weighted by atomic mass is 35.5. The molecule has 1 aliphatic heterocycles. The highest BCUT2D eigenvalue weighted by Gasteiger charge is 2.37. The molecule has 1 saturated heterocycles. The average molecular weight is 450 g/mol. The summed E-state index contributed by atoms with van der Waals surface area (Å²) in [4.78, 5) is 6.33. The standard InChI is InChI=1S/C20H24Cl2F3N3O/c1-14-26-18(22)13-28(14)12-17(21)5-8-27-9-6-19(29,7-10-27)15-3-2-4-16(11-15)20(23,24)25/h2-4,11,13,17,29H,5-10,12H2,1H3. The summed E-state index contributed by atoms with van der Waals surface area (Å²) >= 11 is 12.3. The van der Waals surface area contributed by atoms with Crippen LogP contribution in [0.5, 0.6) is 0 Å². The van der Waals surface area contributed by atoms with Crippen molar-refractivity contribution in [3.63, 3.8) is 0 Å². The van der Waals surface area contributed by atoms with Crippen molar-refractivity contribution in [1.82, 2.24) is 14.5 Å². The number of nitrogens with zero attached hydrogens (tertiary/aromatic N) is 3. The van der Waals surface area contributed by atoms with E-state index < -0.39 is 17.3 Å². The summed E-state index contributed by atoms with van der Waals surface area (Å²) in [5, 5.41) is 11.3. The summed E-state index contributed by atoms with van der Waals surface area (Å²) in [6, 6.07) is 5.00. The molecule has 0 saturated carbocycles. The van der Waals surface area contributed by atoms with Crippen molar-refractivity contribution < 1.29 is 18.3 Å². The molecule has 4 nitrogen and oxygen atoms in total. The van der Waals surface area contributed by atoms with Gasteiger partial charge in [0.1, 0.15) is 11.0 Å². The van der Waals surface area contributed by atoms with Crippen molar-refractivity contribution >= 4 is 23.2 Å². The maximum Gasteiger partial charge on any atom is 0.416 e. The first-order chi connectivity index (χ1) is 13.6. The van der Waals surface area contributed by atoms with Gasteiger partial charge in [-0.3, -0.25) is 0 Å². The van der Waals surface area contributed by atoms with Crippen LogP contribution >= 0.6 is 23.2 Å². The third-order valence-electron chi connectivity index (χ3n) is 5.51. The molecule has 1 unspecified atom stereocenters. The molecule has 9 heteroatoms. The number of rotatable bonds is 6. The van der Waals surface area contributed by atoms with Gasteiger partial charge in [-0.1, -0.05) is 23.7 Å². The van der Waals surface area contributed by atoms with Crippen molar-refractivity contribution in [3.05, 3.63) is 52.6 Å². The van der Waals surface area contributed by atoms with Crippen LogP contribution in [-0.2, 0) is 18.3 Å². The Balaban J connectivity index is 1.52. The summed E-state index contributed by atoms with van der Waals surface area (Å²) in [7, 11) is 0. The largest absolute Gasteiger partial charge is 0.416 e. The number of aryl methyl sites for hydroxylation is 1. The lowest BCUT2D eigenvalue weighted by molar-refractivity contribution is -0.137. The van der Waals surface area contributed by atoms with Gasteiger partial charge in [-0.2, -0.15) is 13.2 Å². The Kier molecular flexibility index (Phi) is 6.83. The van der Waals surface area contributed by atoms with Crippen LogP contribution in [0.3, 0.4) is 0 Å². The van der Waals surface area contributed by atoms with Gasteiger partial charge < -0.3 is 14.6 Å². The predicted octanol–water partition coefficient (Wildman–Crippen LogP) is 4.84. The first-order valence-electron chi connectivity index (χ1n) is 9.53. The van der Waals surface area contributed by atoms with Crippen molar-refractivity contribution in [2.75, 3.05) is 19.6 Å². The smallest absolute Gasteiger partial charge is 0.385 e. The zero-order chi connectivity index (χ0) is 21.2. The molecule has 1 atom stereocenters. The molecule has 2 heterocycles. The van der Waals surface area contributed by atoms with Gasteiger partial charge in [0.15, 0.2) is 0 Å². The Morgan fingerprint density at radius 3 is 2.55 bits per heavy atom. The van der Waals surface area contributed by atoms with Gasteiger partial charge in [0.25, 0.3) is 0 Å². The first-order valence-corrected chi connectivity index (χ1v) is 10.3. The van der Waals surface area contributed by atoms with E-state index in [0.717, 1.165) is 30.9 Å². The Labute approximate surface area is 178 Å². The van der Waals surface area contributed by atoms with E-state index >= 15 is 0 Å². The number of benzene rings is 1. The minimum Gasteiger partial charge on any atom is -0.385 e. The van der Waals surface area contributed by atoms with Crippen LogP contribution in [0, 0.1) is 6.92 Å². The van der Waals surface area contributed by atoms with E-state index in [1.165, 1.54) is 6.07 Å². The molecule has 1 aliphatic rings. The lowest BCUT2D eigenvalue weighted by Crippen LogP contribution is -2.43. The van der Waals surface area contributed by atoms with Gasteiger partial charge in [0.05, 0.1) is 16.5 Å². The van der Waals surface area contributed by atoms with Gasteiger partial charge in [0, 0.05) is 25.8 Å². The molecule has 3 rings (SSSR count). The van der Waals surface area contributed by atoms with E-state index in [4.69, 9.17) is 23.2 Å². The van der Waals surface area contributed by atoms with E-state index in [0.29, 0.717) is 43.2 Å². The Morgan fingerprint density at radius 2 is 1.97 bits per heavy atom. The fraction of sp³-hybridized carbons (Fsp3) is 0.550. The molecule has 1 aromatic carbocycles. The lowest BCUT2D eigenvalue weighted by Gasteiger charge is -2.39. The van der Waals surface area contributed by atoms with E-state index in [9.17, 15) is 18.3 Å². The molecule has 0 bridgehead atoms. The minimum absolute atomic E-state index is 0.0942. The molecule has 2 aromatic rings. The summed E-state index contributed by atoms with van der Waals surface area (Å²) in [6.07, 6.45) is -1.14.